The maximum Gasteiger partial charge on any atom is 0.164 e. The number of fused-ring (bicyclic) bond motifs is 3. The summed E-state index contributed by atoms with van der Waals surface area (Å²) in [6, 6.07) is 70.7. The molecular formula is C51H33N3S. The summed E-state index contributed by atoms with van der Waals surface area (Å²) in [5.41, 5.74) is 12.2. The summed E-state index contributed by atoms with van der Waals surface area (Å²) in [5.74, 6) is 1.96. The first-order valence-electron chi connectivity index (χ1n) is 18.4. The van der Waals surface area contributed by atoms with Gasteiger partial charge in [0.2, 0.25) is 0 Å². The van der Waals surface area contributed by atoms with E-state index in [4.69, 9.17) is 15.0 Å². The molecule has 0 atom stereocenters. The molecule has 0 saturated heterocycles. The van der Waals surface area contributed by atoms with Gasteiger partial charge in [-0.15, -0.1) is 11.3 Å². The molecule has 0 radical (unpaired) electrons. The first-order chi connectivity index (χ1) is 27.2. The van der Waals surface area contributed by atoms with Crippen molar-refractivity contribution in [3.8, 4) is 78.7 Å². The minimum atomic E-state index is 0.650. The lowest BCUT2D eigenvalue weighted by atomic mass is 9.91. The lowest BCUT2D eigenvalue weighted by Gasteiger charge is -2.14. The molecule has 0 fully saturated rings. The number of nitrogens with zero attached hydrogens (tertiary/aromatic N) is 3. The molecule has 0 spiro atoms. The number of aromatic nitrogens is 3. The van der Waals surface area contributed by atoms with E-state index in [1.54, 1.807) is 0 Å². The molecule has 258 valence electrons. The molecule has 0 unspecified atom stereocenters. The van der Waals surface area contributed by atoms with Crippen LogP contribution in [0.15, 0.2) is 200 Å². The molecule has 2 aromatic heterocycles. The lowest BCUT2D eigenvalue weighted by Crippen LogP contribution is -2.00. The topological polar surface area (TPSA) is 38.7 Å². The van der Waals surface area contributed by atoms with Crippen molar-refractivity contribution in [1.29, 1.82) is 0 Å². The van der Waals surface area contributed by atoms with Crippen LogP contribution in [0.25, 0.3) is 98.8 Å². The Balaban J connectivity index is 1.17. The van der Waals surface area contributed by atoms with Gasteiger partial charge in [-0.05, 0) is 87.0 Å². The summed E-state index contributed by atoms with van der Waals surface area (Å²) in [5, 5.41) is 2.36. The van der Waals surface area contributed by atoms with E-state index < -0.39 is 0 Å². The molecule has 0 aliphatic heterocycles. The predicted octanol–water partition coefficient (Wildman–Crippen LogP) is 13.9. The molecule has 55 heavy (non-hydrogen) atoms. The number of rotatable bonds is 7. The van der Waals surface area contributed by atoms with Gasteiger partial charge >= 0.3 is 0 Å². The van der Waals surface area contributed by atoms with Crippen molar-refractivity contribution < 1.29 is 0 Å². The summed E-state index contributed by atoms with van der Waals surface area (Å²) in [7, 11) is 0. The highest BCUT2D eigenvalue weighted by Crippen LogP contribution is 2.43. The van der Waals surface area contributed by atoms with E-state index in [1.165, 1.54) is 42.6 Å². The zero-order chi connectivity index (χ0) is 36.6. The zero-order valence-corrected chi connectivity index (χ0v) is 30.6. The van der Waals surface area contributed by atoms with Crippen LogP contribution < -0.4 is 0 Å². The minimum absolute atomic E-state index is 0.650. The zero-order valence-electron chi connectivity index (χ0n) is 29.8. The van der Waals surface area contributed by atoms with Crippen LogP contribution in [-0.4, -0.2) is 15.0 Å². The standard InChI is InChI=1S/C51H33N3S/c1-5-16-34(17-6-1)40-29-41(35-18-7-2-8-19-35)31-42(30-40)38-24-15-25-39(28-38)43-32-45(48-44-26-13-14-27-46(44)55-47(48)33-43)51-53-49(36-20-9-3-10-21-36)52-50(54-51)37-22-11-4-12-23-37/h1-33H. The van der Waals surface area contributed by atoms with Gasteiger partial charge in [0.25, 0.3) is 0 Å². The van der Waals surface area contributed by atoms with Crippen molar-refractivity contribution in [1.82, 2.24) is 15.0 Å². The third-order valence-corrected chi connectivity index (χ3v) is 11.2. The first-order valence-corrected chi connectivity index (χ1v) is 19.2. The highest BCUT2D eigenvalue weighted by molar-refractivity contribution is 7.26. The fourth-order valence-corrected chi connectivity index (χ4v) is 8.57. The van der Waals surface area contributed by atoms with Crippen LogP contribution in [-0.2, 0) is 0 Å². The molecule has 10 rings (SSSR count). The fraction of sp³-hybridized carbons (Fsp3) is 0. The van der Waals surface area contributed by atoms with Crippen LogP contribution in [0.1, 0.15) is 0 Å². The minimum Gasteiger partial charge on any atom is -0.208 e. The van der Waals surface area contributed by atoms with Crippen molar-refractivity contribution >= 4 is 31.5 Å². The second kappa shape index (κ2) is 14.1. The Labute approximate surface area is 323 Å². The first kappa shape index (κ1) is 32.6. The van der Waals surface area contributed by atoms with Crippen molar-refractivity contribution in [2.75, 3.05) is 0 Å². The van der Waals surface area contributed by atoms with Crippen molar-refractivity contribution in [3.63, 3.8) is 0 Å². The average Bonchev–Trinajstić information content (AvgIpc) is 3.66. The second-order valence-electron chi connectivity index (χ2n) is 13.6. The Bertz CT molecular complexity index is 2840. The molecule has 0 N–H and O–H groups in total. The van der Waals surface area contributed by atoms with Gasteiger partial charge in [0.15, 0.2) is 17.5 Å². The lowest BCUT2D eigenvalue weighted by molar-refractivity contribution is 1.08. The van der Waals surface area contributed by atoms with E-state index in [9.17, 15) is 0 Å². The van der Waals surface area contributed by atoms with Gasteiger partial charge in [0, 0.05) is 36.9 Å². The molecule has 3 nitrogen and oxygen atoms in total. The molecule has 4 heteroatoms. The summed E-state index contributed by atoms with van der Waals surface area (Å²) in [4.78, 5) is 15.4. The molecule has 0 saturated carbocycles. The summed E-state index contributed by atoms with van der Waals surface area (Å²) in [6.45, 7) is 0. The van der Waals surface area contributed by atoms with Crippen LogP contribution in [0.3, 0.4) is 0 Å². The van der Waals surface area contributed by atoms with Crippen LogP contribution in [0.2, 0.25) is 0 Å². The van der Waals surface area contributed by atoms with Crippen LogP contribution in [0.4, 0.5) is 0 Å². The second-order valence-corrected chi connectivity index (χ2v) is 14.7. The van der Waals surface area contributed by atoms with Gasteiger partial charge in [-0.1, -0.05) is 158 Å². The van der Waals surface area contributed by atoms with E-state index in [1.807, 2.05) is 47.7 Å². The molecule has 0 aliphatic carbocycles. The van der Waals surface area contributed by atoms with E-state index >= 15 is 0 Å². The summed E-state index contributed by atoms with van der Waals surface area (Å²) in [6.07, 6.45) is 0. The number of thiophene rings is 1. The molecule has 0 bridgehead atoms. The Morgan fingerprint density at radius 3 is 1.22 bits per heavy atom. The molecule has 2 heterocycles. The normalized spacial score (nSPS) is 11.3. The van der Waals surface area contributed by atoms with Crippen LogP contribution in [0.5, 0.6) is 0 Å². The molecule has 8 aromatic carbocycles. The van der Waals surface area contributed by atoms with Gasteiger partial charge < -0.3 is 0 Å². The summed E-state index contributed by atoms with van der Waals surface area (Å²) < 4.78 is 2.43. The maximum atomic E-state index is 5.20. The van der Waals surface area contributed by atoms with Crippen molar-refractivity contribution in [2.45, 2.75) is 0 Å². The Morgan fingerprint density at radius 1 is 0.273 bits per heavy atom. The van der Waals surface area contributed by atoms with Gasteiger partial charge in [0.05, 0.1) is 0 Å². The van der Waals surface area contributed by atoms with E-state index in [0.29, 0.717) is 17.5 Å². The fourth-order valence-electron chi connectivity index (χ4n) is 7.39. The maximum absolute atomic E-state index is 5.20. The van der Waals surface area contributed by atoms with E-state index in [2.05, 4.69) is 164 Å². The average molecular weight is 720 g/mol. The number of benzene rings is 8. The molecule has 10 aromatic rings. The number of hydrogen-bond donors (Lipinski definition) is 0. The monoisotopic (exact) mass is 719 g/mol. The van der Waals surface area contributed by atoms with Crippen molar-refractivity contribution in [3.05, 3.63) is 200 Å². The van der Waals surface area contributed by atoms with Gasteiger partial charge in [0.1, 0.15) is 0 Å². The van der Waals surface area contributed by atoms with Gasteiger partial charge in [-0.3, -0.25) is 0 Å². The van der Waals surface area contributed by atoms with Crippen LogP contribution in [0, 0.1) is 0 Å². The number of hydrogen-bond acceptors (Lipinski definition) is 4. The smallest absolute Gasteiger partial charge is 0.164 e. The van der Waals surface area contributed by atoms with Gasteiger partial charge in [-0.25, -0.2) is 15.0 Å². The van der Waals surface area contributed by atoms with Gasteiger partial charge in [-0.2, -0.15) is 0 Å². The van der Waals surface area contributed by atoms with E-state index in [0.717, 1.165) is 38.8 Å². The highest BCUT2D eigenvalue weighted by atomic mass is 32.1. The van der Waals surface area contributed by atoms with E-state index in [-0.39, 0.29) is 0 Å². The molecule has 0 aliphatic rings. The molecular weight excluding hydrogens is 687 g/mol. The molecule has 0 amide bonds. The quantitative estimate of drug-likeness (QED) is 0.165. The SMILES string of the molecule is c1ccc(-c2cc(-c3ccccc3)cc(-c3cccc(-c4cc(-c5nc(-c6ccccc6)nc(-c6ccccc6)n5)c5c(c4)sc4ccccc45)c3)c2)cc1. The Kier molecular flexibility index (Phi) is 8.36. The predicted molar refractivity (Wildman–Crippen MR) is 231 cm³/mol. The Morgan fingerprint density at radius 2 is 0.673 bits per heavy atom. The summed E-state index contributed by atoms with van der Waals surface area (Å²) >= 11 is 1.81. The third kappa shape index (κ3) is 6.39. The van der Waals surface area contributed by atoms with Crippen LogP contribution >= 0.6 is 11.3 Å². The third-order valence-electron chi connectivity index (χ3n) is 10.1. The highest BCUT2D eigenvalue weighted by Gasteiger charge is 2.19. The van der Waals surface area contributed by atoms with Crippen molar-refractivity contribution in [2.24, 2.45) is 0 Å². The Hall–Kier alpha value is -7.01. The largest absolute Gasteiger partial charge is 0.208 e.